The summed E-state index contributed by atoms with van der Waals surface area (Å²) in [6.07, 6.45) is -0.929. The third kappa shape index (κ3) is 4.95. The summed E-state index contributed by atoms with van der Waals surface area (Å²) in [5.74, 6) is -0.467. The van der Waals surface area contributed by atoms with Crippen molar-refractivity contribution in [2.24, 2.45) is 5.73 Å². The lowest BCUT2D eigenvalue weighted by Crippen LogP contribution is -2.42. The number of hydrogen-bond acceptors (Lipinski definition) is 7. The van der Waals surface area contributed by atoms with Crippen molar-refractivity contribution in [1.82, 2.24) is 10.5 Å². The van der Waals surface area contributed by atoms with Crippen LogP contribution in [0.1, 0.15) is 6.92 Å². The number of amides is 1. The molecule has 1 amide bonds. The molecule has 9 nitrogen and oxygen atoms in total. The summed E-state index contributed by atoms with van der Waals surface area (Å²) >= 11 is 4.90. The van der Waals surface area contributed by atoms with Gasteiger partial charge in [0.1, 0.15) is 11.9 Å². The van der Waals surface area contributed by atoms with Gasteiger partial charge in [-0.2, -0.15) is 0 Å². The second-order valence-corrected chi connectivity index (χ2v) is 6.16. The Morgan fingerprint density at radius 3 is 2.81 bits per heavy atom. The number of cyclic esters (lactones) is 1. The fourth-order valence-corrected chi connectivity index (χ4v) is 2.93. The summed E-state index contributed by atoms with van der Waals surface area (Å²) in [6.45, 7) is 3.62. The van der Waals surface area contributed by atoms with Gasteiger partial charge in [-0.05, 0) is 37.3 Å². The maximum absolute atomic E-state index is 14.7. The van der Waals surface area contributed by atoms with Crippen molar-refractivity contribution in [2.75, 3.05) is 49.6 Å². The molecule has 2 rings (SSSR count). The maximum atomic E-state index is 14.7. The number of nitrogens with zero attached hydrogens (tertiary/aromatic N) is 3. The summed E-state index contributed by atoms with van der Waals surface area (Å²) in [4.78, 5) is 20.1. The van der Waals surface area contributed by atoms with E-state index in [2.05, 4.69) is 0 Å². The highest BCUT2D eigenvalue weighted by atomic mass is 32.1. The molecule has 1 aliphatic heterocycles. The van der Waals surface area contributed by atoms with Crippen LogP contribution in [-0.4, -0.2) is 67.4 Å². The standard InChI is InChI=1S/C16H24FN5O4S/c1-3-20(6-7-22(25-2)15(27)19-24)14-5-4-11(8-13(14)17)21-10-12(9-18)26-16(21)23/h4-5,8,12,24H,3,6-7,9-10,18H2,1-2H3,(H,19,27)/t12-/m0/s1. The molecule has 1 saturated heterocycles. The highest BCUT2D eigenvalue weighted by Crippen LogP contribution is 2.27. The van der Waals surface area contributed by atoms with Crippen molar-refractivity contribution in [2.45, 2.75) is 13.0 Å². The third-order valence-corrected chi connectivity index (χ3v) is 4.51. The van der Waals surface area contributed by atoms with E-state index in [0.717, 1.165) is 0 Å². The van der Waals surface area contributed by atoms with Crippen molar-refractivity contribution in [1.29, 1.82) is 0 Å². The number of halogens is 1. The van der Waals surface area contributed by atoms with Gasteiger partial charge in [-0.1, -0.05) is 0 Å². The van der Waals surface area contributed by atoms with E-state index in [9.17, 15) is 9.18 Å². The number of ether oxygens (including phenoxy) is 1. The topological polar surface area (TPSA) is 104 Å². The Balaban J connectivity index is 2.10. The summed E-state index contributed by atoms with van der Waals surface area (Å²) in [6, 6.07) is 4.57. The monoisotopic (exact) mass is 401 g/mol. The molecule has 27 heavy (non-hydrogen) atoms. The van der Waals surface area contributed by atoms with Crippen LogP contribution in [0.2, 0.25) is 0 Å². The summed E-state index contributed by atoms with van der Waals surface area (Å²) in [7, 11) is 1.42. The van der Waals surface area contributed by atoms with E-state index in [-0.39, 0.29) is 11.7 Å². The van der Waals surface area contributed by atoms with Crippen LogP contribution in [0.15, 0.2) is 18.2 Å². The van der Waals surface area contributed by atoms with Crippen molar-refractivity contribution in [3.05, 3.63) is 24.0 Å². The van der Waals surface area contributed by atoms with Crippen molar-refractivity contribution in [3.8, 4) is 0 Å². The highest BCUT2D eigenvalue weighted by molar-refractivity contribution is 7.80. The second kappa shape index (κ2) is 9.65. The molecule has 1 aromatic rings. The first-order valence-corrected chi connectivity index (χ1v) is 8.84. The minimum Gasteiger partial charge on any atom is -0.443 e. The zero-order chi connectivity index (χ0) is 20.0. The smallest absolute Gasteiger partial charge is 0.414 e. The Morgan fingerprint density at radius 2 is 2.30 bits per heavy atom. The lowest BCUT2D eigenvalue weighted by atomic mass is 10.2. The Morgan fingerprint density at radius 1 is 1.56 bits per heavy atom. The molecule has 0 aromatic heterocycles. The average molecular weight is 401 g/mol. The first-order chi connectivity index (χ1) is 12.9. The number of thiocarbonyl (C=S) groups is 1. The molecule has 1 aromatic carbocycles. The Kier molecular flexibility index (Phi) is 7.54. The van der Waals surface area contributed by atoms with Gasteiger partial charge in [0.15, 0.2) is 0 Å². The summed E-state index contributed by atoms with van der Waals surface area (Å²) in [5, 5.41) is 10.2. The van der Waals surface area contributed by atoms with Crippen LogP contribution < -0.4 is 21.0 Å². The average Bonchev–Trinajstić information content (AvgIpc) is 3.06. The molecule has 0 radical (unpaired) electrons. The predicted octanol–water partition coefficient (Wildman–Crippen LogP) is 1.06. The van der Waals surface area contributed by atoms with Gasteiger partial charge in [0, 0.05) is 19.6 Å². The van der Waals surface area contributed by atoms with E-state index in [1.165, 1.54) is 23.1 Å². The fourth-order valence-electron chi connectivity index (χ4n) is 2.77. The lowest BCUT2D eigenvalue weighted by Gasteiger charge is -2.28. The summed E-state index contributed by atoms with van der Waals surface area (Å²) < 4.78 is 19.8. The predicted molar refractivity (Wildman–Crippen MR) is 102 cm³/mol. The molecule has 4 N–H and O–H groups in total. The molecule has 0 unspecified atom stereocenters. The van der Waals surface area contributed by atoms with Crippen LogP contribution >= 0.6 is 12.2 Å². The van der Waals surface area contributed by atoms with E-state index in [0.29, 0.717) is 37.6 Å². The Bertz CT molecular complexity index is 680. The normalized spacial score (nSPS) is 16.3. The minimum atomic E-state index is -0.536. The molecular formula is C16H24FN5O4S. The number of nitrogens with one attached hydrogen (secondary N) is 1. The minimum absolute atomic E-state index is 0.00590. The van der Waals surface area contributed by atoms with E-state index < -0.39 is 18.0 Å². The molecular weight excluding hydrogens is 377 g/mol. The molecule has 1 heterocycles. The second-order valence-electron chi connectivity index (χ2n) is 5.77. The number of hydroxylamine groups is 3. The van der Waals surface area contributed by atoms with Crippen LogP contribution in [0.5, 0.6) is 0 Å². The van der Waals surface area contributed by atoms with E-state index in [4.69, 9.17) is 32.7 Å². The number of benzene rings is 1. The molecule has 0 saturated carbocycles. The van der Waals surface area contributed by atoms with Crippen LogP contribution in [0, 0.1) is 5.82 Å². The van der Waals surface area contributed by atoms with E-state index in [1.54, 1.807) is 17.0 Å². The zero-order valence-corrected chi connectivity index (χ0v) is 16.0. The van der Waals surface area contributed by atoms with E-state index >= 15 is 0 Å². The first-order valence-electron chi connectivity index (χ1n) is 8.43. The number of hydrogen-bond donors (Lipinski definition) is 3. The van der Waals surface area contributed by atoms with Crippen molar-refractivity contribution in [3.63, 3.8) is 0 Å². The van der Waals surface area contributed by atoms with Crippen LogP contribution in [0.25, 0.3) is 0 Å². The SMILES string of the molecule is CCN(CCN(OC)C(=S)NO)c1ccc(N2C[C@H](CN)OC2=O)cc1F. The third-order valence-electron chi connectivity index (χ3n) is 4.22. The quantitative estimate of drug-likeness (QED) is 0.436. The molecule has 0 aliphatic carbocycles. The number of likely N-dealkylation sites (N-methyl/N-ethyl adjacent to an activating group) is 1. The molecule has 150 valence electrons. The van der Waals surface area contributed by atoms with Gasteiger partial charge in [-0.3, -0.25) is 14.9 Å². The number of rotatable bonds is 8. The van der Waals surface area contributed by atoms with Gasteiger partial charge in [-0.15, -0.1) is 0 Å². The van der Waals surface area contributed by atoms with Crippen molar-refractivity contribution < 1.29 is 24.0 Å². The van der Waals surface area contributed by atoms with Gasteiger partial charge in [0.25, 0.3) is 0 Å². The van der Waals surface area contributed by atoms with Crippen molar-refractivity contribution >= 4 is 34.8 Å². The largest absolute Gasteiger partial charge is 0.443 e. The van der Waals surface area contributed by atoms with Gasteiger partial charge in [0.2, 0.25) is 5.11 Å². The van der Waals surface area contributed by atoms with Crippen LogP contribution in [-0.2, 0) is 9.57 Å². The summed E-state index contributed by atoms with van der Waals surface area (Å²) in [5.41, 5.74) is 8.15. The lowest BCUT2D eigenvalue weighted by molar-refractivity contribution is -0.0689. The first kappa shape index (κ1) is 21.1. The Labute approximate surface area is 162 Å². The molecule has 1 aliphatic rings. The van der Waals surface area contributed by atoms with Crippen LogP contribution in [0.4, 0.5) is 20.6 Å². The highest BCUT2D eigenvalue weighted by Gasteiger charge is 2.31. The number of carbonyl (C=O) groups is 1. The van der Waals surface area contributed by atoms with Gasteiger partial charge in [-0.25, -0.2) is 19.7 Å². The zero-order valence-electron chi connectivity index (χ0n) is 15.2. The molecule has 1 fully saturated rings. The maximum Gasteiger partial charge on any atom is 0.414 e. The van der Waals surface area contributed by atoms with E-state index in [1.807, 2.05) is 12.4 Å². The molecule has 0 spiro atoms. The Hall–Kier alpha value is -2.21. The number of carbonyl (C=O) groups excluding carboxylic acids is 1. The molecule has 0 bridgehead atoms. The fraction of sp³-hybridized carbons (Fsp3) is 0.500. The molecule has 1 atom stereocenters. The van der Waals surface area contributed by atoms with Gasteiger partial charge < -0.3 is 15.4 Å². The van der Waals surface area contributed by atoms with Gasteiger partial charge >= 0.3 is 6.09 Å². The van der Waals surface area contributed by atoms with Gasteiger partial charge in [0.05, 0.1) is 31.6 Å². The number of anilines is 2. The molecule has 11 heteroatoms. The van der Waals surface area contributed by atoms with Crippen LogP contribution in [0.3, 0.4) is 0 Å². The number of nitrogens with two attached hydrogens (primary N) is 1.